The summed E-state index contributed by atoms with van der Waals surface area (Å²) < 4.78 is 73.7. The molecule has 10 heteroatoms. The number of fused-ring (bicyclic) bond motifs is 5. The summed E-state index contributed by atoms with van der Waals surface area (Å²) in [6, 6.07) is 2.87. The molecule has 4 rings (SSSR count). The van der Waals surface area contributed by atoms with Gasteiger partial charge in [0.05, 0.1) is 22.6 Å². The van der Waals surface area contributed by atoms with Crippen molar-refractivity contribution < 1.29 is 30.2 Å². The SMILES string of the molecule is C=c1oc2c3c(c(=O)n-2c2ccc(C(F)(F)F)cc12)=C(OS(C)(=O)=O)C=CC3. The zero-order valence-electron chi connectivity index (χ0n) is 14.3. The lowest BCUT2D eigenvalue weighted by atomic mass is 10.1. The number of rotatable bonds is 2. The number of alkyl halides is 3. The van der Waals surface area contributed by atoms with Crippen LogP contribution in [0.2, 0.25) is 0 Å². The van der Waals surface area contributed by atoms with Crippen LogP contribution in [0.4, 0.5) is 13.2 Å². The van der Waals surface area contributed by atoms with Gasteiger partial charge < -0.3 is 8.60 Å². The first-order chi connectivity index (χ1) is 13.0. The van der Waals surface area contributed by atoms with Gasteiger partial charge in [-0.25, -0.2) is 4.57 Å². The molecule has 2 aliphatic heterocycles. The van der Waals surface area contributed by atoms with Crippen molar-refractivity contribution in [3.05, 3.63) is 62.5 Å². The number of hydrogen-bond acceptors (Lipinski definition) is 5. The molecule has 6 nitrogen and oxygen atoms in total. The molecule has 0 radical (unpaired) electrons. The molecule has 1 aromatic rings. The quantitative estimate of drug-likeness (QED) is 0.600. The van der Waals surface area contributed by atoms with Crippen LogP contribution in [0.1, 0.15) is 11.1 Å². The van der Waals surface area contributed by atoms with Crippen LogP contribution in [0.15, 0.2) is 39.6 Å². The Kier molecular flexibility index (Phi) is 3.76. The molecule has 0 fully saturated rings. The van der Waals surface area contributed by atoms with E-state index in [-0.39, 0.29) is 39.6 Å². The Balaban J connectivity index is 2.16. The maximum Gasteiger partial charge on any atom is 0.416 e. The monoisotopic (exact) mass is 411 g/mol. The van der Waals surface area contributed by atoms with Crippen molar-refractivity contribution in [2.24, 2.45) is 0 Å². The zero-order chi connectivity index (χ0) is 20.4. The molecule has 0 aromatic heterocycles. The van der Waals surface area contributed by atoms with Gasteiger partial charge in [-0.15, -0.1) is 0 Å². The van der Waals surface area contributed by atoms with Crippen molar-refractivity contribution in [2.75, 3.05) is 6.26 Å². The van der Waals surface area contributed by atoms with Crippen LogP contribution in [0.5, 0.6) is 0 Å². The lowest BCUT2D eigenvalue weighted by Crippen LogP contribution is -2.31. The van der Waals surface area contributed by atoms with E-state index in [2.05, 4.69) is 6.58 Å². The number of hydrogen-bond donors (Lipinski definition) is 0. The minimum Gasteiger partial charge on any atom is -0.440 e. The molecule has 3 aliphatic rings. The molecule has 146 valence electrons. The molecule has 0 saturated carbocycles. The zero-order valence-corrected chi connectivity index (χ0v) is 15.1. The van der Waals surface area contributed by atoms with E-state index in [1.807, 2.05) is 0 Å². The van der Waals surface area contributed by atoms with Crippen molar-refractivity contribution in [3.63, 3.8) is 0 Å². The first-order valence-electron chi connectivity index (χ1n) is 7.94. The van der Waals surface area contributed by atoms with Gasteiger partial charge in [0.15, 0.2) is 5.76 Å². The third-order valence-electron chi connectivity index (χ3n) is 4.34. The highest BCUT2D eigenvalue weighted by atomic mass is 32.2. The molecule has 1 aromatic carbocycles. The average Bonchev–Trinajstić information content (AvgIpc) is 2.86. The van der Waals surface area contributed by atoms with Gasteiger partial charge in [-0.3, -0.25) is 4.79 Å². The second-order valence-corrected chi connectivity index (χ2v) is 7.89. The van der Waals surface area contributed by atoms with Crippen molar-refractivity contribution >= 4 is 33.4 Å². The molecule has 28 heavy (non-hydrogen) atoms. The summed E-state index contributed by atoms with van der Waals surface area (Å²) in [5.41, 5.74) is -1.07. The topological polar surface area (TPSA) is 78.5 Å². The maximum atomic E-state index is 13.0. The summed E-state index contributed by atoms with van der Waals surface area (Å²) in [6.45, 7) is 3.66. The lowest BCUT2D eigenvalue weighted by molar-refractivity contribution is -0.137. The minimum atomic E-state index is -4.57. The van der Waals surface area contributed by atoms with Crippen molar-refractivity contribution in [1.82, 2.24) is 4.57 Å². The van der Waals surface area contributed by atoms with Crippen LogP contribution in [-0.2, 0) is 26.9 Å². The predicted octanol–water partition coefficient (Wildman–Crippen LogP) is 1.65. The number of aromatic nitrogens is 1. The number of halogens is 3. The second kappa shape index (κ2) is 5.74. The van der Waals surface area contributed by atoms with Crippen molar-refractivity contribution in [1.29, 1.82) is 0 Å². The van der Waals surface area contributed by atoms with Crippen LogP contribution in [0, 0.1) is 0 Å². The highest BCUT2D eigenvalue weighted by molar-refractivity contribution is 7.86. The molecule has 0 bridgehead atoms. The number of allylic oxidation sites excluding steroid dienone is 1. The average molecular weight is 411 g/mol. The van der Waals surface area contributed by atoms with Gasteiger partial charge >= 0.3 is 16.3 Å². The van der Waals surface area contributed by atoms with Crippen LogP contribution in [0.3, 0.4) is 0 Å². The second-order valence-electron chi connectivity index (χ2n) is 6.31. The smallest absolute Gasteiger partial charge is 0.416 e. The standard InChI is InChI=1S/C18H12F3NO5S/c1-9-12-8-10(18(19,20)21)6-7-13(12)22-16(23)15-11(17(22)26-9)4-3-5-14(15)27-28(2,24)25/h3,5-8H,1,4H2,2H3. The number of benzene rings is 1. The van der Waals surface area contributed by atoms with Crippen molar-refractivity contribution in [3.8, 4) is 5.88 Å². The summed E-state index contributed by atoms with van der Waals surface area (Å²) in [5, 5.41) is 0.00813. The molecule has 0 N–H and O–H groups in total. The Bertz CT molecular complexity index is 1410. The Labute approximate surface area is 155 Å². The fraction of sp³-hybridized carbons (Fsp3) is 0.167. The first-order valence-corrected chi connectivity index (χ1v) is 9.75. The third kappa shape index (κ3) is 2.80. The minimum absolute atomic E-state index is 0.0107. The van der Waals surface area contributed by atoms with Gasteiger partial charge in [-0.1, -0.05) is 12.7 Å². The molecular weight excluding hydrogens is 399 g/mol. The van der Waals surface area contributed by atoms with E-state index >= 15 is 0 Å². The molecule has 0 spiro atoms. The Morgan fingerprint density at radius 1 is 1.29 bits per heavy atom. The van der Waals surface area contributed by atoms with E-state index in [4.69, 9.17) is 8.60 Å². The number of nitrogens with zero attached hydrogens (tertiary/aromatic N) is 1. The Hall–Kier alpha value is -3.01. The van der Waals surface area contributed by atoms with Crippen LogP contribution >= 0.6 is 0 Å². The van der Waals surface area contributed by atoms with Gasteiger partial charge in [0.2, 0.25) is 5.88 Å². The summed E-state index contributed by atoms with van der Waals surface area (Å²) >= 11 is 0. The molecule has 0 amide bonds. The van der Waals surface area contributed by atoms with E-state index in [0.717, 1.165) is 29.0 Å². The van der Waals surface area contributed by atoms with Gasteiger partial charge in [-0.05, 0) is 30.7 Å². The third-order valence-corrected chi connectivity index (χ3v) is 4.83. The highest BCUT2D eigenvalue weighted by Gasteiger charge is 2.32. The molecule has 0 atom stereocenters. The van der Waals surface area contributed by atoms with Crippen LogP contribution in [0.25, 0.3) is 29.1 Å². The molecule has 0 unspecified atom stereocenters. The van der Waals surface area contributed by atoms with Gasteiger partial charge in [-0.2, -0.15) is 21.6 Å². The van der Waals surface area contributed by atoms with Gasteiger partial charge in [0.25, 0.3) is 5.56 Å². The first kappa shape index (κ1) is 18.4. The summed E-state index contributed by atoms with van der Waals surface area (Å²) in [6.07, 6.45) is -0.515. The molecule has 1 aliphatic carbocycles. The highest BCUT2D eigenvalue weighted by Crippen LogP contribution is 2.31. The van der Waals surface area contributed by atoms with E-state index in [9.17, 15) is 26.4 Å². The summed E-state index contributed by atoms with van der Waals surface area (Å²) in [7, 11) is -3.90. The van der Waals surface area contributed by atoms with Gasteiger partial charge in [0, 0.05) is 10.9 Å². The summed E-state index contributed by atoms with van der Waals surface area (Å²) in [4.78, 5) is 13.0. The van der Waals surface area contributed by atoms with Gasteiger partial charge in [0.1, 0.15) is 5.42 Å². The van der Waals surface area contributed by atoms with E-state index in [1.54, 1.807) is 6.08 Å². The maximum absolute atomic E-state index is 13.0. The van der Waals surface area contributed by atoms with E-state index in [0.29, 0.717) is 5.56 Å². The fourth-order valence-corrected chi connectivity index (χ4v) is 3.71. The normalized spacial score (nSPS) is 14.6. The van der Waals surface area contributed by atoms with E-state index < -0.39 is 27.4 Å². The Morgan fingerprint density at radius 2 is 2.00 bits per heavy atom. The predicted molar refractivity (Wildman–Crippen MR) is 95.0 cm³/mol. The molecule has 2 heterocycles. The summed E-state index contributed by atoms with van der Waals surface area (Å²) in [5.74, 6) is -0.0884. The van der Waals surface area contributed by atoms with Crippen LogP contribution in [-0.4, -0.2) is 19.2 Å². The molecular formula is C18H12F3NO5S. The molecule has 0 saturated heterocycles. The lowest BCUT2D eigenvalue weighted by Gasteiger charge is -2.12. The van der Waals surface area contributed by atoms with E-state index in [1.165, 1.54) is 6.08 Å². The largest absolute Gasteiger partial charge is 0.440 e. The van der Waals surface area contributed by atoms with Crippen LogP contribution < -0.4 is 16.2 Å². The fourth-order valence-electron chi connectivity index (χ4n) is 3.25. The Morgan fingerprint density at radius 3 is 2.64 bits per heavy atom. The van der Waals surface area contributed by atoms with Crippen molar-refractivity contribution in [2.45, 2.75) is 12.6 Å².